The van der Waals surface area contributed by atoms with Crippen molar-refractivity contribution in [2.45, 2.75) is 27.9 Å². The first-order valence-electron chi connectivity index (χ1n) is 8.49. The molecular weight excluding hydrogens is 501 g/mol. The minimum Gasteiger partial charge on any atom is -0.611 e. The van der Waals surface area contributed by atoms with Crippen LogP contribution >= 0.6 is 34.9 Å². The summed E-state index contributed by atoms with van der Waals surface area (Å²) in [5.74, 6) is -3.79. The second-order valence-electron chi connectivity index (χ2n) is 6.35. The number of rotatable bonds is 9. The highest BCUT2D eigenvalue weighted by Gasteiger charge is 2.54. The Hall–Kier alpha value is -1.49. The fourth-order valence-electron chi connectivity index (χ4n) is 2.78. The van der Waals surface area contributed by atoms with Gasteiger partial charge in [0.25, 0.3) is 11.8 Å². The zero-order chi connectivity index (χ0) is 22.9. The van der Waals surface area contributed by atoms with E-state index in [1.807, 2.05) is 0 Å². The van der Waals surface area contributed by atoms with Gasteiger partial charge >= 0.3 is 11.2 Å². The fraction of sp³-hybridized carbons (Fsp3) is 0.533. The lowest BCUT2D eigenvalue weighted by Gasteiger charge is -2.49. The number of hydrogen-bond acceptors (Lipinski definition) is 9. The Morgan fingerprint density at radius 1 is 1.45 bits per heavy atom. The van der Waals surface area contributed by atoms with Crippen LogP contribution in [0.1, 0.15) is 5.01 Å². The molecule has 0 spiro atoms. The van der Waals surface area contributed by atoms with Crippen LogP contribution in [-0.4, -0.2) is 83.1 Å². The number of carbonyl (C=O) groups excluding carboxylic acids is 2. The predicted octanol–water partition coefficient (Wildman–Crippen LogP) is 0.988. The molecule has 0 bridgehead atoms. The summed E-state index contributed by atoms with van der Waals surface area (Å²) >= 11 is 0.760. The third-order valence-electron chi connectivity index (χ3n) is 4.19. The highest BCUT2D eigenvalue weighted by molar-refractivity contribution is 8.01. The summed E-state index contributed by atoms with van der Waals surface area (Å²) in [5, 5.41) is 15.5. The van der Waals surface area contributed by atoms with Crippen molar-refractivity contribution < 1.29 is 37.2 Å². The molecule has 2 aliphatic heterocycles. The normalized spacial score (nSPS) is 22.1. The minimum atomic E-state index is -4.16. The first kappa shape index (κ1) is 24.2. The third kappa shape index (κ3) is 5.13. The lowest BCUT2D eigenvalue weighted by molar-refractivity contribution is -0.150. The standard InChI is InChI=1S/C15H15F3N4O5S4/c1-6-20-21-14(30-6)29-3-7-2-28-12-9(11(24)22(12)10(7)13(25)26)19-8(23)4-31(27)15(17,18)5-16/h9,12H,2-5H2,1H3,(H,19,23)(H,25,26)/t9?,12-,31?/m1/s1. The van der Waals surface area contributed by atoms with Crippen LogP contribution in [0.2, 0.25) is 0 Å². The number of carbonyl (C=O) groups is 3. The van der Waals surface area contributed by atoms with Gasteiger partial charge in [-0.05, 0) is 12.5 Å². The van der Waals surface area contributed by atoms with Crippen molar-refractivity contribution in [3.63, 3.8) is 0 Å². The Morgan fingerprint density at radius 2 is 2.16 bits per heavy atom. The number of fused-ring (bicyclic) bond motifs is 1. The van der Waals surface area contributed by atoms with Crippen molar-refractivity contribution in [3.05, 3.63) is 16.3 Å². The number of aliphatic carboxylic acids is 1. The number of alkyl halides is 3. The number of β-lactam (4-membered cyclic amide) rings is 1. The highest BCUT2D eigenvalue weighted by atomic mass is 32.2. The summed E-state index contributed by atoms with van der Waals surface area (Å²) in [6.45, 7) is -0.391. The number of nitrogens with one attached hydrogen (secondary N) is 1. The first-order valence-corrected chi connectivity index (χ1v) is 12.7. The lowest BCUT2D eigenvalue weighted by Crippen LogP contribution is -2.71. The van der Waals surface area contributed by atoms with Crippen LogP contribution in [0.3, 0.4) is 0 Å². The highest BCUT2D eigenvalue weighted by Crippen LogP contribution is 2.41. The zero-order valence-electron chi connectivity index (χ0n) is 15.7. The molecule has 170 valence electrons. The monoisotopic (exact) mass is 516 g/mol. The molecule has 2 N–H and O–H groups in total. The summed E-state index contributed by atoms with van der Waals surface area (Å²) in [6.07, 6.45) is 0. The van der Waals surface area contributed by atoms with E-state index in [4.69, 9.17) is 0 Å². The van der Waals surface area contributed by atoms with Crippen LogP contribution in [0.15, 0.2) is 15.6 Å². The molecule has 1 aromatic heterocycles. The van der Waals surface area contributed by atoms with E-state index in [1.165, 1.54) is 34.9 Å². The number of aromatic nitrogens is 2. The summed E-state index contributed by atoms with van der Waals surface area (Å²) in [4.78, 5) is 37.2. The number of amides is 2. The Bertz CT molecular complexity index is 930. The SMILES string of the molecule is Cc1nnc(SCC2=C(C(=O)O)N3C(=O)C(NC(=O)C[S+]([O-])C(F)(F)CF)[C@H]3SC2)s1. The van der Waals surface area contributed by atoms with Crippen LogP contribution in [0.4, 0.5) is 13.2 Å². The number of nitrogens with zero attached hydrogens (tertiary/aromatic N) is 3. The molecule has 31 heavy (non-hydrogen) atoms. The van der Waals surface area contributed by atoms with Gasteiger partial charge in [-0.2, -0.15) is 8.78 Å². The Balaban J connectivity index is 1.66. The van der Waals surface area contributed by atoms with E-state index in [-0.39, 0.29) is 17.2 Å². The van der Waals surface area contributed by atoms with Crippen LogP contribution in [0.25, 0.3) is 0 Å². The molecule has 0 saturated carbocycles. The summed E-state index contributed by atoms with van der Waals surface area (Å²) < 4.78 is 50.4. The maximum absolute atomic E-state index is 13.0. The first-order chi connectivity index (χ1) is 14.5. The molecule has 2 aliphatic rings. The summed E-state index contributed by atoms with van der Waals surface area (Å²) in [6, 6.07) is -1.15. The van der Waals surface area contributed by atoms with Gasteiger partial charge in [0.2, 0.25) is 6.67 Å². The predicted molar refractivity (Wildman–Crippen MR) is 109 cm³/mol. The number of halogens is 3. The van der Waals surface area contributed by atoms with Gasteiger partial charge in [-0.15, -0.1) is 22.0 Å². The van der Waals surface area contributed by atoms with Crippen LogP contribution < -0.4 is 5.32 Å². The van der Waals surface area contributed by atoms with E-state index in [0.29, 0.717) is 9.91 Å². The second-order valence-corrected chi connectivity index (χ2v) is 11.4. The lowest BCUT2D eigenvalue weighted by atomic mass is 10.0. The second kappa shape index (κ2) is 9.56. The van der Waals surface area contributed by atoms with Gasteiger partial charge in [0.15, 0.2) is 10.1 Å². The van der Waals surface area contributed by atoms with E-state index in [2.05, 4.69) is 15.5 Å². The Kier molecular flexibility index (Phi) is 7.45. The van der Waals surface area contributed by atoms with E-state index in [0.717, 1.165) is 9.91 Å². The van der Waals surface area contributed by atoms with Crippen LogP contribution in [-0.2, 0) is 25.6 Å². The average Bonchev–Trinajstić information content (AvgIpc) is 3.14. The average molecular weight is 517 g/mol. The van der Waals surface area contributed by atoms with Gasteiger partial charge in [-0.3, -0.25) is 14.5 Å². The van der Waals surface area contributed by atoms with Crippen molar-refractivity contribution in [2.75, 3.05) is 23.9 Å². The van der Waals surface area contributed by atoms with E-state index >= 15 is 0 Å². The van der Waals surface area contributed by atoms with E-state index in [9.17, 15) is 37.2 Å². The molecule has 3 atom stereocenters. The molecule has 0 radical (unpaired) electrons. The van der Waals surface area contributed by atoms with Gasteiger partial charge in [0, 0.05) is 22.7 Å². The molecule has 3 rings (SSSR count). The topological polar surface area (TPSA) is 136 Å². The molecule has 0 aliphatic carbocycles. The summed E-state index contributed by atoms with van der Waals surface area (Å²) in [5.41, 5.74) is 0.300. The van der Waals surface area contributed by atoms with Crippen molar-refractivity contribution in [2.24, 2.45) is 0 Å². The number of aryl methyl sites for hydroxylation is 1. The smallest absolute Gasteiger partial charge is 0.435 e. The number of hydrogen-bond donors (Lipinski definition) is 2. The van der Waals surface area contributed by atoms with E-state index < -0.39 is 58.1 Å². The van der Waals surface area contributed by atoms with Gasteiger partial charge < -0.3 is 15.0 Å². The van der Waals surface area contributed by atoms with Gasteiger partial charge in [-0.25, -0.2) is 9.18 Å². The molecule has 1 aromatic rings. The minimum absolute atomic E-state index is 0.194. The Labute approximate surface area is 189 Å². The maximum Gasteiger partial charge on any atom is 0.435 e. The van der Waals surface area contributed by atoms with Crippen molar-refractivity contribution in [1.82, 2.24) is 20.4 Å². The molecule has 2 unspecified atom stereocenters. The summed E-state index contributed by atoms with van der Waals surface area (Å²) in [7, 11) is 0. The van der Waals surface area contributed by atoms with Crippen molar-refractivity contribution in [1.29, 1.82) is 0 Å². The molecular formula is C15H15F3N4O5S4. The molecule has 1 saturated heterocycles. The molecule has 16 heteroatoms. The third-order valence-corrected chi connectivity index (χ3v) is 8.89. The zero-order valence-corrected chi connectivity index (χ0v) is 18.9. The molecule has 1 fully saturated rings. The molecule has 0 aromatic carbocycles. The van der Waals surface area contributed by atoms with Crippen LogP contribution in [0, 0.1) is 6.92 Å². The van der Waals surface area contributed by atoms with E-state index in [1.54, 1.807) is 6.92 Å². The van der Waals surface area contributed by atoms with Crippen molar-refractivity contribution >= 4 is 63.8 Å². The quantitative estimate of drug-likeness (QED) is 0.280. The molecule has 2 amide bonds. The largest absolute Gasteiger partial charge is 0.611 e. The van der Waals surface area contributed by atoms with Gasteiger partial charge in [-0.1, -0.05) is 23.1 Å². The van der Waals surface area contributed by atoms with Crippen LogP contribution in [0.5, 0.6) is 0 Å². The molecule has 3 heterocycles. The van der Waals surface area contributed by atoms with Gasteiger partial charge in [0.1, 0.15) is 22.1 Å². The number of thioether (sulfide) groups is 2. The number of carboxylic acids is 1. The van der Waals surface area contributed by atoms with Crippen molar-refractivity contribution in [3.8, 4) is 0 Å². The molecule has 9 nitrogen and oxygen atoms in total. The Morgan fingerprint density at radius 3 is 2.74 bits per heavy atom. The fourth-order valence-corrected chi connectivity index (χ4v) is 6.74. The number of carboxylic acid groups (broad SMARTS) is 1. The van der Waals surface area contributed by atoms with Gasteiger partial charge in [0.05, 0.1) is 0 Å². The maximum atomic E-state index is 13.0.